The average molecular weight is 173 g/mol. The van der Waals surface area contributed by atoms with Crippen LogP contribution in [0.5, 0.6) is 0 Å². The van der Waals surface area contributed by atoms with Gasteiger partial charge in [0.1, 0.15) is 0 Å². The molecule has 0 unspecified atom stereocenters. The van der Waals surface area contributed by atoms with E-state index in [-0.39, 0.29) is 0 Å². The molecule has 0 radical (unpaired) electrons. The van der Waals surface area contributed by atoms with Gasteiger partial charge in [-0.05, 0) is 25.7 Å². The van der Waals surface area contributed by atoms with Crippen molar-refractivity contribution in [2.24, 2.45) is 0 Å². The molecule has 0 N–H and O–H groups in total. The van der Waals surface area contributed by atoms with Crippen LogP contribution in [-0.4, -0.2) is 5.88 Å². The van der Waals surface area contributed by atoms with Crippen LogP contribution in [0.4, 0.5) is 0 Å². The minimum absolute atomic E-state index is 0.645. The lowest BCUT2D eigenvalue weighted by Gasteiger charge is -1.93. The Morgan fingerprint density at radius 3 is 2.36 bits per heavy atom. The molecular weight excluding hydrogens is 156 g/mol. The third kappa shape index (κ3) is 9.77. The monoisotopic (exact) mass is 172 g/mol. The van der Waals surface area contributed by atoms with E-state index in [0.717, 1.165) is 6.42 Å². The first-order chi connectivity index (χ1) is 5.41. The topological polar surface area (TPSA) is 0 Å². The van der Waals surface area contributed by atoms with Gasteiger partial charge >= 0.3 is 0 Å². The Balaban J connectivity index is 2.90. The second-order valence-corrected chi connectivity index (χ2v) is 2.86. The molecule has 0 bridgehead atoms. The highest BCUT2D eigenvalue weighted by molar-refractivity contribution is 6.18. The molecule has 0 spiro atoms. The van der Waals surface area contributed by atoms with Crippen LogP contribution < -0.4 is 0 Å². The van der Waals surface area contributed by atoms with Gasteiger partial charge in [-0.15, -0.1) is 18.2 Å². The Morgan fingerprint density at radius 1 is 1.00 bits per heavy atom. The molecule has 0 rings (SSSR count). The molecule has 0 amide bonds. The molecule has 0 aromatic rings. The SMILES string of the molecule is C=CCCCCCC=CCCl. The van der Waals surface area contributed by atoms with Gasteiger partial charge in [0.25, 0.3) is 0 Å². The molecule has 0 aromatic carbocycles. The predicted molar refractivity (Wildman–Crippen MR) is 53.1 cm³/mol. The van der Waals surface area contributed by atoms with Crippen molar-refractivity contribution in [2.75, 3.05) is 5.88 Å². The van der Waals surface area contributed by atoms with Gasteiger partial charge in [0, 0.05) is 5.88 Å². The van der Waals surface area contributed by atoms with Crippen molar-refractivity contribution in [1.29, 1.82) is 0 Å². The molecular formula is C10H17Cl. The Bertz CT molecular complexity index is 105. The Labute approximate surface area is 74.9 Å². The molecule has 0 saturated carbocycles. The van der Waals surface area contributed by atoms with Crippen LogP contribution in [0.25, 0.3) is 0 Å². The lowest BCUT2D eigenvalue weighted by atomic mass is 10.1. The fourth-order valence-corrected chi connectivity index (χ4v) is 1.03. The largest absolute Gasteiger partial charge is 0.122 e. The van der Waals surface area contributed by atoms with E-state index in [2.05, 4.69) is 12.7 Å². The lowest BCUT2D eigenvalue weighted by Crippen LogP contribution is -1.74. The second-order valence-electron chi connectivity index (χ2n) is 2.55. The summed E-state index contributed by atoms with van der Waals surface area (Å²) in [7, 11) is 0. The van der Waals surface area contributed by atoms with Gasteiger partial charge < -0.3 is 0 Å². The minimum atomic E-state index is 0.645. The molecule has 0 fully saturated rings. The van der Waals surface area contributed by atoms with E-state index in [1.165, 1.54) is 25.7 Å². The first-order valence-electron chi connectivity index (χ1n) is 4.23. The maximum atomic E-state index is 5.46. The number of allylic oxidation sites excluding steroid dienone is 3. The summed E-state index contributed by atoms with van der Waals surface area (Å²) in [4.78, 5) is 0. The van der Waals surface area contributed by atoms with Crippen molar-refractivity contribution in [3.8, 4) is 0 Å². The van der Waals surface area contributed by atoms with E-state index in [1.54, 1.807) is 0 Å². The summed E-state index contributed by atoms with van der Waals surface area (Å²) in [5.41, 5.74) is 0. The van der Waals surface area contributed by atoms with Crippen LogP contribution in [-0.2, 0) is 0 Å². The Morgan fingerprint density at radius 2 is 1.73 bits per heavy atom. The van der Waals surface area contributed by atoms with Crippen molar-refractivity contribution in [2.45, 2.75) is 32.1 Å². The second kappa shape index (κ2) is 9.77. The zero-order valence-electron chi connectivity index (χ0n) is 7.06. The summed E-state index contributed by atoms with van der Waals surface area (Å²) in [5, 5.41) is 0. The van der Waals surface area contributed by atoms with Gasteiger partial charge in [0.15, 0.2) is 0 Å². The van der Waals surface area contributed by atoms with E-state index < -0.39 is 0 Å². The molecule has 64 valence electrons. The quantitative estimate of drug-likeness (QED) is 0.310. The van der Waals surface area contributed by atoms with Crippen LogP contribution in [0.2, 0.25) is 0 Å². The molecule has 0 aliphatic carbocycles. The van der Waals surface area contributed by atoms with E-state index >= 15 is 0 Å². The van der Waals surface area contributed by atoms with Gasteiger partial charge in [-0.3, -0.25) is 0 Å². The van der Waals surface area contributed by atoms with Crippen LogP contribution in [0.15, 0.2) is 24.8 Å². The van der Waals surface area contributed by atoms with E-state index in [0.29, 0.717) is 5.88 Å². The number of unbranched alkanes of at least 4 members (excludes halogenated alkanes) is 4. The number of rotatable bonds is 7. The van der Waals surface area contributed by atoms with Crippen LogP contribution in [0.1, 0.15) is 32.1 Å². The molecule has 11 heavy (non-hydrogen) atoms. The molecule has 0 aliphatic heterocycles. The maximum Gasteiger partial charge on any atom is 0.0404 e. The molecule has 1 heteroatoms. The van der Waals surface area contributed by atoms with Crippen LogP contribution in [0.3, 0.4) is 0 Å². The number of hydrogen-bond donors (Lipinski definition) is 0. The van der Waals surface area contributed by atoms with E-state index in [9.17, 15) is 0 Å². The molecule has 0 saturated heterocycles. The van der Waals surface area contributed by atoms with Crippen LogP contribution in [0, 0.1) is 0 Å². The number of hydrogen-bond acceptors (Lipinski definition) is 0. The highest BCUT2D eigenvalue weighted by Gasteiger charge is 1.84. The number of halogens is 1. The molecule has 0 heterocycles. The summed E-state index contributed by atoms with van der Waals surface area (Å²) in [6, 6.07) is 0. The van der Waals surface area contributed by atoms with Crippen molar-refractivity contribution in [3.05, 3.63) is 24.8 Å². The first-order valence-corrected chi connectivity index (χ1v) is 4.77. The summed E-state index contributed by atoms with van der Waals surface area (Å²) in [6.45, 7) is 3.68. The van der Waals surface area contributed by atoms with Crippen LogP contribution >= 0.6 is 11.6 Å². The minimum Gasteiger partial charge on any atom is -0.122 e. The summed E-state index contributed by atoms with van der Waals surface area (Å²) >= 11 is 5.46. The predicted octanol–water partition coefficient (Wildman–Crippen LogP) is 3.92. The fourth-order valence-electron chi connectivity index (χ4n) is 0.908. The zero-order chi connectivity index (χ0) is 8.36. The van der Waals surface area contributed by atoms with Crippen molar-refractivity contribution >= 4 is 11.6 Å². The highest BCUT2D eigenvalue weighted by atomic mass is 35.5. The van der Waals surface area contributed by atoms with Gasteiger partial charge in [0.2, 0.25) is 0 Å². The number of alkyl halides is 1. The fraction of sp³-hybridized carbons (Fsp3) is 0.600. The van der Waals surface area contributed by atoms with E-state index in [4.69, 9.17) is 11.6 Å². The molecule has 0 aliphatic rings. The third-order valence-corrected chi connectivity index (χ3v) is 1.71. The zero-order valence-corrected chi connectivity index (χ0v) is 7.82. The van der Waals surface area contributed by atoms with E-state index in [1.807, 2.05) is 12.2 Å². The molecule has 0 aromatic heterocycles. The summed E-state index contributed by atoms with van der Waals surface area (Å²) in [6.07, 6.45) is 12.3. The summed E-state index contributed by atoms with van der Waals surface area (Å²) in [5.74, 6) is 0.645. The van der Waals surface area contributed by atoms with Gasteiger partial charge in [-0.2, -0.15) is 0 Å². The smallest absolute Gasteiger partial charge is 0.0404 e. The van der Waals surface area contributed by atoms with Crippen molar-refractivity contribution in [1.82, 2.24) is 0 Å². The normalized spacial score (nSPS) is 10.6. The maximum absolute atomic E-state index is 5.46. The molecule has 0 atom stereocenters. The Kier molecular flexibility index (Phi) is 9.57. The Hall–Kier alpha value is -0.230. The van der Waals surface area contributed by atoms with Crippen molar-refractivity contribution in [3.63, 3.8) is 0 Å². The first kappa shape index (κ1) is 10.8. The van der Waals surface area contributed by atoms with Gasteiger partial charge in [0.05, 0.1) is 0 Å². The standard InChI is InChI=1S/C10H17Cl/c1-2-3-4-5-6-7-8-9-10-11/h2,8-9H,1,3-7,10H2. The molecule has 0 nitrogen and oxygen atoms in total. The average Bonchev–Trinajstić information content (AvgIpc) is 2.03. The lowest BCUT2D eigenvalue weighted by molar-refractivity contribution is 0.696. The highest BCUT2D eigenvalue weighted by Crippen LogP contribution is 2.03. The summed E-state index contributed by atoms with van der Waals surface area (Å²) < 4.78 is 0. The van der Waals surface area contributed by atoms with Gasteiger partial charge in [-0.25, -0.2) is 0 Å². The van der Waals surface area contributed by atoms with Gasteiger partial charge in [-0.1, -0.05) is 24.6 Å². The van der Waals surface area contributed by atoms with Crippen molar-refractivity contribution < 1.29 is 0 Å². The third-order valence-electron chi connectivity index (χ3n) is 1.53.